The predicted octanol–water partition coefficient (Wildman–Crippen LogP) is 1.94. The van der Waals surface area contributed by atoms with E-state index in [0.29, 0.717) is 36.5 Å². The van der Waals surface area contributed by atoms with Crippen LogP contribution >= 0.6 is 0 Å². The largest absolute Gasteiger partial charge is 0.349 e. The minimum atomic E-state index is -0.120. The van der Waals surface area contributed by atoms with Crippen molar-refractivity contribution in [2.45, 2.75) is 52.1 Å². The molecule has 2 bridgehead atoms. The first-order valence-electron chi connectivity index (χ1n) is 10.7. The highest BCUT2D eigenvalue weighted by Gasteiger charge is 2.37. The lowest BCUT2D eigenvalue weighted by Crippen LogP contribution is -2.50. The van der Waals surface area contributed by atoms with Gasteiger partial charge in [-0.2, -0.15) is 5.10 Å². The van der Waals surface area contributed by atoms with Crippen molar-refractivity contribution in [3.05, 3.63) is 51.7 Å². The lowest BCUT2D eigenvalue weighted by Gasteiger charge is -2.43. The molecular formula is C22H31N5O2. The van der Waals surface area contributed by atoms with E-state index in [0.717, 1.165) is 37.3 Å². The number of amides is 1. The molecule has 7 nitrogen and oxygen atoms in total. The summed E-state index contributed by atoms with van der Waals surface area (Å²) in [5.41, 5.74) is 2.65. The van der Waals surface area contributed by atoms with Gasteiger partial charge in [0.1, 0.15) is 5.69 Å². The second kappa shape index (κ2) is 8.14. The van der Waals surface area contributed by atoms with Crippen LogP contribution in [0.1, 0.15) is 61.0 Å². The number of aryl methyl sites for hydroxylation is 1. The molecule has 0 aromatic carbocycles. The zero-order chi connectivity index (χ0) is 20.5. The SMILES string of the molecule is CCn1nc(CC(C)C)cc1C(=O)NC[C@H]1[C@@H]2CNC[C@@H](C2)c2cccc(=O)n21. The van der Waals surface area contributed by atoms with Crippen molar-refractivity contribution in [3.63, 3.8) is 0 Å². The van der Waals surface area contributed by atoms with Gasteiger partial charge < -0.3 is 15.2 Å². The van der Waals surface area contributed by atoms with Crippen molar-refractivity contribution in [1.82, 2.24) is 25.0 Å². The minimum absolute atomic E-state index is 0.0242. The van der Waals surface area contributed by atoms with Crippen LogP contribution in [0.4, 0.5) is 0 Å². The quantitative estimate of drug-likeness (QED) is 0.781. The summed E-state index contributed by atoms with van der Waals surface area (Å²) in [5.74, 6) is 1.08. The third-order valence-electron chi connectivity index (χ3n) is 6.15. The number of carbonyl (C=O) groups is 1. The topological polar surface area (TPSA) is 81.0 Å². The van der Waals surface area contributed by atoms with E-state index in [4.69, 9.17) is 0 Å². The highest BCUT2D eigenvalue weighted by molar-refractivity contribution is 5.92. The first-order chi connectivity index (χ1) is 14.0. The Morgan fingerprint density at radius 1 is 1.34 bits per heavy atom. The molecule has 4 rings (SSSR count). The Kier molecular flexibility index (Phi) is 5.58. The molecule has 0 unspecified atom stereocenters. The molecular weight excluding hydrogens is 366 g/mol. The van der Waals surface area contributed by atoms with Crippen molar-refractivity contribution in [3.8, 4) is 0 Å². The Morgan fingerprint density at radius 3 is 2.93 bits per heavy atom. The number of piperidine rings is 1. The third kappa shape index (κ3) is 3.88. The minimum Gasteiger partial charge on any atom is -0.349 e. The lowest BCUT2D eigenvalue weighted by atomic mass is 9.79. The summed E-state index contributed by atoms with van der Waals surface area (Å²) in [4.78, 5) is 25.6. The van der Waals surface area contributed by atoms with Gasteiger partial charge in [0.25, 0.3) is 11.5 Å². The van der Waals surface area contributed by atoms with Crippen LogP contribution in [-0.2, 0) is 13.0 Å². The Hall–Kier alpha value is -2.41. The molecule has 0 radical (unpaired) electrons. The van der Waals surface area contributed by atoms with Gasteiger partial charge in [0.15, 0.2) is 0 Å². The fourth-order valence-electron chi connectivity index (χ4n) is 4.87. The summed E-state index contributed by atoms with van der Waals surface area (Å²) in [7, 11) is 0. The highest BCUT2D eigenvalue weighted by atomic mass is 16.2. The van der Waals surface area contributed by atoms with E-state index in [1.54, 1.807) is 10.7 Å². The fourth-order valence-corrected chi connectivity index (χ4v) is 4.87. The van der Waals surface area contributed by atoms with Gasteiger partial charge in [-0.1, -0.05) is 19.9 Å². The molecule has 2 aliphatic heterocycles. The maximum Gasteiger partial charge on any atom is 0.269 e. The number of nitrogens with one attached hydrogen (secondary N) is 2. The second-order valence-corrected chi connectivity index (χ2v) is 8.72. The van der Waals surface area contributed by atoms with E-state index in [2.05, 4.69) is 35.6 Å². The van der Waals surface area contributed by atoms with E-state index < -0.39 is 0 Å². The fraction of sp³-hybridized carbons (Fsp3) is 0.591. The Balaban J connectivity index is 1.55. The summed E-state index contributed by atoms with van der Waals surface area (Å²) >= 11 is 0. The van der Waals surface area contributed by atoms with Crippen LogP contribution in [0.2, 0.25) is 0 Å². The van der Waals surface area contributed by atoms with Crippen molar-refractivity contribution >= 4 is 5.91 Å². The molecule has 0 spiro atoms. The van der Waals surface area contributed by atoms with Gasteiger partial charge in [0, 0.05) is 43.9 Å². The molecule has 1 saturated heterocycles. The zero-order valence-electron chi connectivity index (χ0n) is 17.5. The van der Waals surface area contributed by atoms with Crippen molar-refractivity contribution in [2.24, 2.45) is 11.8 Å². The number of hydrogen-bond donors (Lipinski definition) is 2. The van der Waals surface area contributed by atoms with Crippen LogP contribution in [-0.4, -0.2) is 39.9 Å². The summed E-state index contributed by atoms with van der Waals surface area (Å²) in [6.45, 7) is 9.18. The van der Waals surface area contributed by atoms with Crippen molar-refractivity contribution in [1.29, 1.82) is 0 Å². The number of carbonyl (C=O) groups excluding carboxylic acids is 1. The number of rotatable bonds is 6. The summed E-state index contributed by atoms with van der Waals surface area (Å²) in [5, 5.41) is 11.2. The number of nitrogens with zero attached hydrogens (tertiary/aromatic N) is 3. The average molecular weight is 398 g/mol. The van der Waals surface area contributed by atoms with E-state index in [-0.39, 0.29) is 17.5 Å². The van der Waals surface area contributed by atoms with Gasteiger partial charge in [0.05, 0.1) is 11.7 Å². The second-order valence-electron chi connectivity index (χ2n) is 8.72. The van der Waals surface area contributed by atoms with Crippen LogP contribution in [0.3, 0.4) is 0 Å². The molecule has 1 amide bonds. The first-order valence-corrected chi connectivity index (χ1v) is 10.7. The molecule has 156 valence electrons. The van der Waals surface area contributed by atoms with E-state index >= 15 is 0 Å². The first kappa shape index (κ1) is 19.9. The molecule has 0 saturated carbocycles. The van der Waals surface area contributed by atoms with Gasteiger partial charge in [-0.05, 0) is 43.7 Å². The van der Waals surface area contributed by atoms with Crippen LogP contribution < -0.4 is 16.2 Å². The molecule has 4 heterocycles. The zero-order valence-corrected chi connectivity index (χ0v) is 17.5. The molecule has 3 atom stereocenters. The van der Waals surface area contributed by atoms with Gasteiger partial charge in [-0.25, -0.2) is 0 Å². The molecule has 29 heavy (non-hydrogen) atoms. The number of aromatic nitrogens is 3. The van der Waals surface area contributed by atoms with Crippen LogP contribution in [0.15, 0.2) is 29.1 Å². The van der Waals surface area contributed by atoms with Crippen molar-refractivity contribution in [2.75, 3.05) is 19.6 Å². The Bertz CT molecular complexity index is 945. The van der Waals surface area contributed by atoms with Gasteiger partial charge in [-0.15, -0.1) is 0 Å². The molecule has 1 fully saturated rings. The van der Waals surface area contributed by atoms with Gasteiger partial charge >= 0.3 is 0 Å². The summed E-state index contributed by atoms with van der Waals surface area (Å²) < 4.78 is 3.69. The van der Waals surface area contributed by atoms with Crippen LogP contribution in [0.25, 0.3) is 0 Å². The highest BCUT2D eigenvalue weighted by Crippen LogP contribution is 2.38. The predicted molar refractivity (Wildman–Crippen MR) is 112 cm³/mol. The Morgan fingerprint density at radius 2 is 2.17 bits per heavy atom. The number of fused-ring (bicyclic) bond motifs is 4. The van der Waals surface area contributed by atoms with Crippen LogP contribution in [0.5, 0.6) is 0 Å². The van der Waals surface area contributed by atoms with E-state index in [1.807, 2.05) is 23.6 Å². The smallest absolute Gasteiger partial charge is 0.269 e. The maximum absolute atomic E-state index is 13.0. The third-order valence-corrected chi connectivity index (χ3v) is 6.15. The molecule has 2 aromatic rings. The lowest BCUT2D eigenvalue weighted by molar-refractivity contribution is 0.0921. The van der Waals surface area contributed by atoms with Crippen molar-refractivity contribution < 1.29 is 4.79 Å². The standard InChI is InChI=1S/C22H31N5O2/c1-4-26-19(10-17(25-26)8-14(2)3)22(29)24-13-20-16-9-15(11-23-12-16)18-6-5-7-21(28)27(18)20/h5-7,10,14-16,20,23H,4,8-9,11-13H2,1-3H3,(H,24,29)/t15-,16+,20+/m1/s1. The maximum atomic E-state index is 13.0. The molecule has 2 N–H and O–H groups in total. The summed E-state index contributed by atoms with van der Waals surface area (Å²) in [6.07, 6.45) is 1.91. The van der Waals surface area contributed by atoms with Crippen LogP contribution in [0, 0.1) is 11.8 Å². The van der Waals surface area contributed by atoms with E-state index in [1.165, 1.54) is 0 Å². The number of hydrogen-bond acceptors (Lipinski definition) is 4. The summed E-state index contributed by atoms with van der Waals surface area (Å²) in [6, 6.07) is 7.39. The number of pyridine rings is 1. The molecule has 0 aliphatic carbocycles. The molecule has 2 aliphatic rings. The monoisotopic (exact) mass is 397 g/mol. The van der Waals surface area contributed by atoms with E-state index in [9.17, 15) is 9.59 Å². The normalized spacial score (nSPS) is 23.1. The molecule has 7 heteroatoms. The molecule has 2 aromatic heterocycles. The van der Waals surface area contributed by atoms with Gasteiger partial charge in [-0.3, -0.25) is 14.3 Å². The Labute approximate surface area is 171 Å². The average Bonchev–Trinajstić information content (AvgIpc) is 3.10. The van der Waals surface area contributed by atoms with Gasteiger partial charge in [0.2, 0.25) is 0 Å².